The average molecular weight is 185 g/mol. The van der Waals surface area contributed by atoms with Gasteiger partial charge in [-0.2, -0.15) is 11.8 Å². The Morgan fingerprint density at radius 2 is 2.36 bits per heavy atom. The van der Waals surface area contributed by atoms with Crippen LogP contribution in [-0.2, 0) is 4.75 Å². The normalized spacial score (nSPS) is 20.2. The van der Waals surface area contributed by atoms with Gasteiger partial charge in [0, 0.05) is 11.1 Å². The van der Waals surface area contributed by atoms with E-state index < -0.39 is 0 Å². The van der Waals surface area contributed by atoms with Crippen LogP contribution in [0.4, 0.5) is 0 Å². The van der Waals surface area contributed by atoms with Crippen molar-refractivity contribution in [2.75, 3.05) is 6.26 Å². The van der Waals surface area contributed by atoms with Gasteiger partial charge in [-0.25, -0.2) is 4.98 Å². The summed E-state index contributed by atoms with van der Waals surface area (Å²) in [5.41, 5.74) is 0. The highest BCUT2D eigenvalue weighted by molar-refractivity contribution is 7.99. The van der Waals surface area contributed by atoms with Gasteiger partial charge in [0.05, 0.1) is 9.75 Å². The van der Waals surface area contributed by atoms with E-state index in [1.54, 1.807) is 0 Å². The summed E-state index contributed by atoms with van der Waals surface area (Å²) in [7, 11) is 0. The predicted octanol–water partition coefficient (Wildman–Crippen LogP) is 2.80. The summed E-state index contributed by atoms with van der Waals surface area (Å²) in [6, 6.07) is 0. The molecule has 1 aliphatic carbocycles. The van der Waals surface area contributed by atoms with E-state index in [2.05, 4.69) is 18.2 Å². The van der Waals surface area contributed by atoms with Crippen LogP contribution in [0, 0.1) is 6.92 Å². The molecule has 1 aromatic rings. The summed E-state index contributed by atoms with van der Waals surface area (Å²) in [6.07, 6.45) is 6.93. The zero-order valence-electron chi connectivity index (χ0n) is 6.76. The van der Waals surface area contributed by atoms with Crippen LogP contribution in [-0.4, -0.2) is 11.2 Å². The van der Waals surface area contributed by atoms with Crippen LogP contribution >= 0.6 is 23.1 Å². The third-order valence-electron chi connectivity index (χ3n) is 2.17. The molecular formula is C8H11NS2. The van der Waals surface area contributed by atoms with Gasteiger partial charge in [0.1, 0.15) is 0 Å². The second kappa shape index (κ2) is 2.49. The van der Waals surface area contributed by atoms with Crippen molar-refractivity contribution < 1.29 is 0 Å². The second-order valence-electron chi connectivity index (χ2n) is 2.94. The lowest BCUT2D eigenvalue weighted by atomic mass is 10.4. The molecule has 1 heterocycles. The van der Waals surface area contributed by atoms with E-state index in [4.69, 9.17) is 0 Å². The van der Waals surface area contributed by atoms with Crippen molar-refractivity contribution in [3.63, 3.8) is 0 Å². The van der Waals surface area contributed by atoms with Gasteiger partial charge in [0.25, 0.3) is 0 Å². The van der Waals surface area contributed by atoms with Crippen molar-refractivity contribution >= 4 is 23.1 Å². The molecule has 0 aromatic carbocycles. The first-order valence-electron chi connectivity index (χ1n) is 3.75. The van der Waals surface area contributed by atoms with Gasteiger partial charge in [0.15, 0.2) is 0 Å². The minimum absolute atomic E-state index is 0.478. The summed E-state index contributed by atoms with van der Waals surface area (Å²) in [5.74, 6) is 0. The SMILES string of the molecule is CSC1(c2cnc(C)s2)CC1. The van der Waals surface area contributed by atoms with Crippen LogP contribution in [0.25, 0.3) is 0 Å². The van der Waals surface area contributed by atoms with E-state index in [9.17, 15) is 0 Å². The van der Waals surface area contributed by atoms with E-state index in [0.717, 1.165) is 0 Å². The molecule has 3 heteroatoms. The van der Waals surface area contributed by atoms with Crippen LogP contribution in [0.5, 0.6) is 0 Å². The van der Waals surface area contributed by atoms with Gasteiger partial charge in [-0.3, -0.25) is 0 Å². The fourth-order valence-corrected chi connectivity index (χ4v) is 3.30. The van der Waals surface area contributed by atoms with E-state index in [1.807, 2.05) is 29.3 Å². The molecule has 11 heavy (non-hydrogen) atoms. The Morgan fingerprint density at radius 1 is 1.64 bits per heavy atom. The molecule has 1 fully saturated rings. The molecule has 0 amide bonds. The first-order valence-corrected chi connectivity index (χ1v) is 5.79. The molecule has 0 atom stereocenters. The zero-order valence-corrected chi connectivity index (χ0v) is 8.39. The van der Waals surface area contributed by atoms with Crippen LogP contribution in [0.15, 0.2) is 6.20 Å². The highest BCUT2D eigenvalue weighted by Gasteiger charge is 2.44. The van der Waals surface area contributed by atoms with Crippen LogP contribution in [0.2, 0.25) is 0 Å². The Kier molecular flexibility index (Phi) is 1.72. The zero-order chi connectivity index (χ0) is 7.90. The molecule has 0 saturated heterocycles. The summed E-state index contributed by atoms with van der Waals surface area (Å²) in [5, 5.41) is 1.19. The number of hydrogen-bond donors (Lipinski definition) is 0. The third kappa shape index (κ3) is 1.20. The number of nitrogens with zero attached hydrogens (tertiary/aromatic N) is 1. The molecule has 1 nitrogen and oxygen atoms in total. The lowest BCUT2D eigenvalue weighted by Gasteiger charge is -2.06. The van der Waals surface area contributed by atoms with Gasteiger partial charge in [-0.1, -0.05) is 0 Å². The summed E-state index contributed by atoms with van der Waals surface area (Å²) < 4.78 is 0.478. The summed E-state index contributed by atoms with van der Waals surface area (Å²) >= 11 is 3.82. The smallest absolute Gasteiger partial charge is 0.0897 e. The Balaban J connectivity index is 2.29. The predicted molar refractivity (Wildman–Crippen MR) is 51.3 cm³/mol. The fraction of sp³-hybridized carbons (Fsp3) is 0.625. The molecule has 1 saturated carbocycles. The largest absolute Gasteiger partial charge is 0.250 e. The number of thioether (sulfide) groups is 1. The first-order chi connectivity index (χ1) is 5.27. The number of rotatable bonds is 2. The van der Waals surface area contributed by atoms with E-state index >= 15 is 0 Å². The first kappa shape index (κ1) is 7.62. The fourth-order valence-electron chi connectivity index (χ4n) is 1.24. The topological polar surface area (TPSA) is 12.9 Å². The van der Waals surface area contributed by atoms with Gasteiger partial charge in [-0.05, 0) is 26.0 Å². The molecule has 1 aliphatic rings. The molecule has 0 aliphatic heterocycles. The molecule has 0 N–H and O–H groups in total. The number of aromatic nitrogens is 1. The quantitative estimate of drug-likeness (QED) is 0.702. The highest BCUT2D eigenvalue weighted by Crippen LogP contribution is 2.57. The Bertz CT molecular complexity index is 263. The monoisotopic (exact) mass is 185 g/mol. The molecular weight excluding hydrogens is 174 g/mol. The van der Waals surface area contributed by atoms with Crippen molar-refractivity contribution in [1.82, 2.24) is 4.98 Å². The lowest BCUT2D eigenvalue weighted by Crippen LogP contribution is -1.94. The molecule has 0 radical (unpaired) electrons. The average Bonchev–Trinajstić information content (AvgIpc) is 2.70. The lowest BCUT2D eigenvalue weighted by molar-refractivity contribution is 1.06. The van der Waals surface area contributed by atoms with Gasteiger partial charge < -0.3 is 0 Å². The standard InChI is InChI=1S/C8H11NS2/c1-6-9-5-7(11-6)8(10-2)3-4-8/h5H,3-4H2,1-2H3. The molecule has 1 aromatic heterocycles. The van der Waals surface area contributed by atoms with Crippen molar-refractivity contribution in [2.24, 2.45) is 0 Å². The van der Waals surface area contributed by atoms with Gasteiger partial charge in [0.2, 0.25) is 0 Å². The molecule has 0 bridgehead atoms. The minimum atomic E-state index is 0.478. The van der Waals surface area contributed by atoms with Crippen LogP contribution < -0.4 is 0 Å². The van der Waals surface area contributed by atoms with Crippen LogP contribution in [0.3, 0.4) is 0 Å². The second-order valence-corrected chi connectivity index (χ2v) is 5.37. The van der Waals surface area contributed by atoms with Crippen molar-refractivity contribution in [2.45, 2.75) is 24.5 Å². The third-order valence-corrected chi connectivity index (χ3v) is 4.82. The number of hydrogen-bond acceptors (Lipinski definition) is 3. The number of aryl methyl sites for hydroxylation is 1. The van der Waals surface area contributed by atoms with Crippen LogP contribution in [0.1, 0.15) is 22.7 Å². The summed E-state index contributed by atoms with van der Waals surface area (Å²) in [4.78, 5) is 5.75. The van der Waals surface area contributed by atoms with Crippen molar-refractivity contribution in [3.05, 3.63) is 16.1 Å². The maximum atomic E-state index is 4.28. The van der Waals surface area contributed by atoms with E-state index in [1.165, 1.54) is 22.7 Å². The number of thiazole rings is 1. The molecule has 2 rings (SSSR count). The Hall–Kier alpha value is -0.0200. The molecule has 0 spiro atoms. The Morgan fingerprint density at radius 3 is 2.73 bits per heavy atom. The minimum Gasteiger partial charge on any atom is -0.250 e. The Labute approximate surface area is 75.2 Å². The van der Waals surface area contributed by atoms with E-state index in [-0.39, 0.29) is 0 Å². The van der Waals surface area contributed by atoms with Gasteiger partial charge in [-0.15, -0.1) is 11.3 Å². The maximum absolute atomic E-state index is 4.28. The maximum Gasteiger partial charge on any atom is 0.0897 e. The van der Waals surface area contributed by atoms with Crippen molar-refractivity contribution in [1.29, 1.82) is 0 Å². The summed E-state index contributed by atoms with van der Waals surface area (Å²) in [6.45, 7) is 2.07. The molecule has 60 valence electrons. The van der Waals surface area contributed by atoms with Gasteiger partial charge >= 0.3 is 0 Å². The molecule has 0 unspecified atom stereocenters. The highest BCUT2D eigenvalue weighted by atomic mass is 32.2. The van der Waals surface area contributed by atoms with E-state index in [0.29, 0.717) is 4.75 Å². The van der Waals surface area contributed by atoms with Crippen molar-refractivity contribution in [3.8, 4) is 0 Å².